The number of hydrogen-bond donors (Lipinski definition) is 0. The molecular weight excluding hydrogens is 550 g/mol. The number of nitrogens with zero attached hydrogens (tertiary/aromatic N) is 3. The topological polar surface area (TPSA) is 36.0 Å². The number of amides is 1. The van der Waals surface area contributed by atoms with Gasteiger partial charge in [0.05, 0.1) is 6.61 Å². The molecule has 41 heavy (non-hydrogen) atoms. The van der Waals surface area contributed by atoms with Gasteiger partial charge in [0.2, 0.25) is 0 Å². The zero-order chi connectivity index (χ0) is 28.8. The van der Waals surface area contributed by atoms with Crippen molar-refractivity contribution >= 4 is 28.8 Å². The van der Waals surface area contributed by atoms with Crippen LogP contribution in [-0.4, -0.2) is 72.0 Å². The van der Waals surface area contributed by atoms with Crippen molar-refractivity contribution in [2.45, 2.75) is 71.0 Å². The molecular formula is C34H44ClN3O2S. The van der Waals surface area contributed by atoms with E-state index in [1.165, 1.54) is 28.0 Å². The van der Waals surface area contributed by atoms with Crippen molar-refractivity contribution < 1.29 is 9.53 Å². The van der Waals surface area contributed by atoms with Gasteiger partial charge < -0.3 is 9.64 Å². The van der Waals surface area contributed by atoms with Gasteiger partial charge in [-0.3, -0.25) is 14.6 Å². The summed E-state index contributed by atoms with van der Waals surface area (Å²) in [7, 11) is 0. The average molecular weight is 594 g/mol. The van der Waals surface area contributed by atoms with Crippen LogP contribution in [0.2, 0.25) is 5.02 Å². The molecule has 2 aromatic carbocycles. The largest absolute Gasteiger partial charge is 0.492 e. The number of carbonyl (C=O) groups excluding carboxylic acids is 1. The Balaban J connectivity index is 1.09. The van der Waals surface area contributed by atoms with Crippen molar-refractivity contribution in [1.29, 1.82) is 0 Å². The predicted octanol–water partition coefficient (Wildman–Crippen LogP) is 7.35. The lowest BCUT2D eigenvalue weighted by Crippen LogP contribution is -2.57. The highest BCUT2D eigenvalue weighted by Crippen LogP contribution is 2.30. The molecule has 7 heteroatoms. The summed E-state index contributed by atoms with van der Waals surface area (Å²) in [5.74, 6) is 0.878. The van der Waals surface area contributed by atoms with Crippen molar-refractivity contribution in [3.8, 4) is 5.75 Å². The van der Waals surface area contributed by atoms with E-state index in [0.717, 1.165) is 80.5 Å². The Morgan fingerprint density at radius 2 is 1.63 bits per heavy atom. The molecule has 1 aromatic heterocycles. The Hall–Kier alpha value is -2.38. The van der Waals surface area contributed by atoms with E-state index >= 15 is 0 Å². The monoisotopic (exact) mass is 593 g/mol. The first kappa shape index (κ1) is 30.1. The zero-order valence-corrected chi connectivity index (χ0v) is 26.3. The molecule has 2 saturated heterocycles. The molecule has 0 aliphatic carbocycles. The molecule has 0 saturated carbocycles. The van der Waals surface area contributed by atoms with Gasteiger partial charge in [0.15, 0.2) is 0 Å². The molecule has 0 bridgehead atoms. The summed E-state index contributed by atoms with van der Waals surface area (Å²) < 4.78 is 5.81. The van der Waals surface area contributed by atoms with E-state index in [0.29, 0.717) is 24.7 Å². The maximum Gasteiger partial charge on any atom is 0.267 e. The van der Waals surface area contributed by atoms with Gasteiger partial charge in [-0.05, 0) is 86.2 Å². The fourth-order valence-electron chi connectivity index (χ4n) is 6.36. The van der Waals surface area contributed by atoms with Crippen LogP contribution in [0.25, 0.3) is 0 Å². The molecule has 5 rings (SSSR count). The Morgan fingerprint density at radius 3 is 2.27 bits per heavy atom. The van der Waals surface area contributed by atoms with Crippen molar-refractivity contribution in [1.82, 2.24) is 14.7 Å². The van der Waals surface area contributed by atoms with E-state index in [1.54, 1.807) is 0 Å². The van der Waals surface area contributed by atoms with Crippen molar-refractivity contribution in [3.63, 3.8) is 0 Å². The number of likely N-dealkylation sites (tertiary alicyclic amines) is 1. The summed E-state index contributed by atoms with van der Waals surface area (Å²) >= 11 is 7.52. The van der Waals surface area contributed by atoms with Gasteiger partial charge in [-0.1, -0.05) is 54.9 Å². The summed E-state index contributed by atoms with van der Waals surface area (Å²) in [6, 6.07) is 20.8. The number of benzene rings is 2. The van der Waals surface area contributed by atoms with Crippen molar-refractivity contribution in [3.05, 3.63) is 86.6 Å². The summed E-state index contributed by atoms with van der Waals surface area (Å²) in [5.41, 5.74) is 4.09. The van der Waals surface area contributed by atoms with Gasteiger partial charge in [-0.2, -0.15) is 0 Å². The van der Waals surface area contributed by atoms with E-state index in [4.69, 9.17) is 16.3 Å². The van der Waals surface area contributed by atoms with Crippen molar-refractivity contribution in [2.24, 2.45) is 0 Å². The lowest BCUT2D eigenvalue weighted by Gasteiger charge is -2.47. The smallest absolute Gasteiger partial charge is 0.267 e. The lowest BCUT2D eigenvalue weighted by atomic mass is 9.97. The number of halogens is 1. The quantitative estimate of drug-likeness (QED) is 0.246. The molecule has 1 amide bonds. The Kier molecular flexibility index (Phi) is 10.4. The molecule has 3 aromatic rings. The summed E-state index contributed by atoms with van der Waals surface area (Å²) in [4.78, 5) is 21.3. The lowest BCUT2D eigenvalue weighted by molar-refractivity contribution is 0.0135. The van der Waals surface area contributed by atoms with E-state index in [-0.39, 0.29) is 5.91 Å². The van der Waals surface area contributed by atoms with Crippen LogP contribution in [0.15, 0.2) is 60.0 Å². The molecule has 0 spiro atoms. The van der Waals surface area contributed by atoms with Crippen LogP contribution >= 0.6 is 22.9 Å². The van der Waals surface area contributed by atoms with Crippen LogP contribution in [0.1, 0.15) is 72.4 Å². The summed E-state index contributed by atoms with van der Waals surface area (Å²) in [6.45, 7) is 12.4. The van der Waals surface area contributed by atoms with Crippen LogP contribution in [0.4, 0.5) is 0 Å². The maximum atomic E-state index is 13.2. The number of piperazine rings is 1. The molecule has 2 fully saturated rings. The van der Waals surface area contributed by atoms with Crippen molar-refractivity contribution in [2.75, 3.05) is 39.3 Å². The number of carbonyl (C=O) groups is 1. The maximum absolute atomic E-state index is 13.2. The number of ether oxygens (including phenoxy) is 1. The molecule has 0 unspecified atom stereocenters. The normalized spacial score (nSPS) is 19.8. The van der Waals surface area contributed by atoms with Gasteiger partial charge in [-0.25, -0.2) is 0 Å². The molecule has 2 aliphatic heterocycles. The third-order valence-electron chi connectivity index (χ3n) is 8.84. The van der Waals surface area contributed by atoms with Gasteiger partial charge in [-0.15, -0.1) is 11.3 Å². The first-order valence-corrected chi connectivity index (χ1v) is 16.5. The highest BCUT2D eigenvalue weighted by atomic mass is 35.5. The Labute approximate surface area is 255 Å². The van der Waals surface area contributed by atoms with Gasteiger partial charge in [0.25, 0.3) is 5.91 Å². The molecule has 0 N–H and O–H groups in total. The average Bonchev–Trinajstić information content (AvgIpc) is 3.48. The van der Waals surface area contributed by atoms with Crippen LogP contribution in [0.5, 0.6) is 5.75 Å². The van der Waals surface area contributed by atoms with Gasteiger partial charge in [0.1, 0.15) is 10.6 Å². The van der Waals surface area contributed by atoms with Crippen LogP contribution in [0, 0.1) is 0 Å². The third kappa shape index (κ3) is 7.53. The minimum Gasteiger partial charge on any atom is -0.492 e. The molecule has 3 heterocycles. The fraction of sp³-hybridized carbons (Fsp3) is 0.500. The molecule has 2 aliphatic rings. The standard InChI is InChI=1S/C34H44ClN3O2S/c1-4-22-40-32-17-23-41-33(32)34(39)36-18-15-31(16-19-36)37-20-21-38(25(2)24-37)26(3)29-11-7-27(8-12-29)5-6-28-9-13-30(35)14-10-28/h7-14,17,23,25-26,31H,4-6,15-16,18-22,24H2,1-3H3/t25-,26+/m1/s1. The summed E-state index contributed by atoms with van der Waals surface area (Å²) in [6.07, 6.45) is 5.10. The van der Waals surface area contributed by atoms with Gasteiger partial charge >= 0.3 is 0 Å². The number of thiophene rings is 1. The third-order valence-corrected chi connectivity index (χ3v) is 9.97. The molecule has 220 valence electrons. The number of hydrogen-bond acceptors (Lipinski definition) is 5. The van der Waals surface area contributed by atoms with E-state index in [9.17, 15) is 4.79 Å². The first-order valence-electron chi connectivity index (χ1n) is 15.3. The Morgan fingerprint density at radius 1 is 0.976 bits per heavy atom. The second kappa shape index (κ2) is 14.2. The van der Waals surface area contributed by atoms with Crippen LogP contribution < -0.4 is 4.74 Å². The predicted molar refractivity (Wildman–Crippen MR) is 170 cm³/mol. The minimum absolute atomic E-state index is 0.132. The SMILES string of the molecule is CCCOc1ccsc1C(=O)N1CCC(N2CCN([C@@H](C)c3ccc(CCc4ccc(Cl)cc4)cc3)[C@H](C)C2)CC1. The summed E-state index contributed by atoms with van der Waals surface area (Å²) in [5, 5.41) is 2.76. The molecule has 0 radical (unpaired) electrons. The van der Waals surface area contributed by atoms with E-state index in [2.05, 4.69) is 67.0 Å². The zero-order valence-electron chi connectivity index (χ0n) is 24.7. The molecule has 2 atom stereocenters. The highest BCUT2D eigenvalue weighted by Gasteiger charge is 2.34. The first-order chi connectivity index (χ1) is 19.9. The highest BCUT2D eigenvalue weighted by molar-refractivity contribution is 7.12. The van der Waals surface area contributed by atoms with E-state index < -0.39 is 0 Å². The molecule has 5 nitrogen and oxygen atoms in total. The second-order valence-electron chi connectivity index (χ2n) is 11.6. The number of piperidine rings is 1. The van der Waals surface area contributed by atoms with Crippen LogP contribution in [-0.2, 0) is 12.8 Å². The number of rotatable bonds is 10. The van der Waals surface area contributed by atoms with Crippen LogP contribution in [0.3, 0.4) is 0 Å². The Bertz CT molecular complexity index is 1250. The minimum atomic E-state index is 0.132. The van der Waals surface area contributed by atoms with Gasteiger partial charge in [0, 0.05) is 55.9 Å². The van der Waals surface area contributed by atoms with E-state index in [1.807, 2.05) is 28.5 Å². The fourth-order valence-corrected chi connectivity index (χ4v) is 7.28. The number of aryl methyl sites for hydroxylation is 2. The second-order valence-corrected chi connectivity index (χ2v) is 13.0.